The molecule has 0 saturated heterocycles. The van der Waals surface area contributed by atoms with Gasteiger partial charge >= 0.3 is 0 Å². The number of carbonyl (C=O) groups excluding carboxylic acids is 1. The van der Waals surface area contributed by atoms with Crippen molar-refractivity contribution in [3.05, 3.63) is 29.3 Å². The molecule has 1 N–H and O–H groups in total. The number of fused-ring (bicyclic) bond motifs is 1. The third-order valence-corrected chi connectivity index (χ3v) is 2.12. The second-order valence-electron chi connectivity index (χ2n) is 2.88. The summed E-state index contributed by atoms with van der Waals surface area (Å²) in [4.78, 5) is 11.3. The highest BCUT2D eigenvalue weighted by Gasteiger charge is 2.16. The summed E-state index contributed by atoms with van der Waals surface area (Å²) in [5.41, 5.74) is 2.44. The van der Waals surface area contributed by atoms with E-state index in [0.29, 0.717) is 6.54 Å². The Balaban J connectivity index is 2.59. The second kappa shape index (κ2) is 2.66. The SMILES string of the molecule is [B]c1cccc2c1CCNC2=O. The van der Waals surface area contributed by atoms with Crippen LogP contribution in [0, 0.1) is 0 Å². The molecule has 1 heterocycles. The van der Waals surface area contributed by atoms with E-state index in [1.807, 2.05) is 6.07 Å². The van der Waals surface area contributed by atoms with Gasteiger partial charge in [0.15, 0.2) is 0 Å². The largest absolute Gasteiger partial charge is 0.352 e. The molecule has 2 radical (unpaired) electrons. The summed E-state index contributed by atoms with van der Waals surface area (Å²) in [5.74, 6) is -0.0106. The van der Waals surface area contributed by atoms with Gasteiger partial charge in [-0.2, -0.15) is 0 Å². The van der Waals surface area contributed by atoms with Crippen molar-refractivity contribution < 1.29 is 4.79 Å². The zero-order chi connectivity index (χ0) is 8.55. The summed E-state index contributed by atoms with van der Waals surface area (Å²) in [6.45, 7) is 0.694. The van der Waals surface area contributed by atoms with Crippen molar-refractivity contribution in [2.24, 2.45) is 0 Å². The number of hydrogen-bond donors (Lipinski definition) is 1. The summed E-state index contributed by atoms with van der Waals surface area (Å²) in [7, 11) is 5.72. The average Bonchev–Trinajstić information content (AvgIpc) is 2.07. The molecule has 1 aromatic carbocycles. The molecule has 12 heavy (non-hydrogen) atoms. The molecule has 0 aliphatic carbocycles. The molecule has 58 valence electrons. The third-order valence-electron chi connectivity index (χ3n) is 2.12. The Morgan fingerprint density at radius 3 is 3.00 bits per heavy atom. The maximum atomic E-state index is 11.3. The number of hydrogen-bond acceptors (Lipinski definition) is 1. The molecule has 2 nitrogen and oxygen atoms in total. The first-order valence-electron chi connectivity index (χ1n) is 3.94. The van der Waals surface area contributed by atoms with Crippen molar-refractivity contribution in [1.29, 1.82) is 0 Å². The Hall–Kier alpha value is -1.25. The Morgan fingerprint density at radius 2 is 2.25 bits per heavy atom. The normalized spacial score (nSPS) is 15.2. The second-order valence-corrected chi connectivity index (χ2v) is 2.88. The van der Waals surface area contributed by atoms with Crippen LogP contribution in [0.3, 0.4) is 0 Å². The van der Waals surface area contributed by atoms with Gasteiger partial charge in [0, 0.05) is 12.1 Å². The van der Waals surface area contributed by atoms with E-state index >= 15 is 0 Å². The van der Waals surface area contributed by atoms with Crippen molar-refractivity contribution in [2.45, 2.75) is 6.42 Å². The van der Waals surface area contributed by atoms with E-state index in [0.717, 1.165) is 23.0 Å². The first-order chi connectivity index (χ1) is 5.79. The van der Waals surface area contributed by atoms with E-state index in [1.165, 1.54) is 0 Å². The molecule has 1 amide bonds. The number of rotatable bonds is 0. The van der Waals surface area contributed by atoms with Crippen LogP contribution in [0.5, 0.6) is 0 Å². The minimum atomic E-state index is -0.0106. The topological polar surface area (TPSA) is 29.1 Å². The highest BCUT2D eigenvalue weighted by molar-refractivity contribution is 6.34. The lowest BCUT2D eigenvalue weighted by Gasteiger charge is -2.18. The molecular weight excluding hydrogens is 149 g/mol. The van der Waals surface area contributed by atoms with E-state index < -0.39 is 0 Å². The minimum Gasteiger partial charge on any atom is -0.352 e. The lowest BCUT2D eigenvalue weighted by molar-refractivity contribution is 0.0946. The predicted octanol–water partition coefficient (Wildman–Crippen LogP) is -0.234. The monoisotopic (exact) mass is 157 g/mol. The van der Waals surface area contributed by atoms with Gasteiger partial charge in [0.05, 0.1) is 0 Å². The van der Waals surface area contributed by atoms with Gasteiger partial charge in [-0.25, -0.2) is 0 Å². The standard InChI is InChI=1S/C9H8BNO/c10-8-3-1-2-7-6(8)4-5-11-9(7)12/h1-3H,4-5H2,(H,11,12). The quantitative estimate of drug-likeness (QED) is 0.517. The lowest BCUT2D eigenvalue weighted by Crippen LogP contribution is -2.35. The van der Waals surface area contributed by atoms with Crippen molar-refractivity contribution in [2.75, 3.05) is 6.54 Å². The lowest BCUT2D eigenvalue weighted by atomic mass is 9.84. The van der Waals surface area contributed by atoms with Crippen LogP contribution in [0.2, 0.25) is 0 Å². The van der Waals surface area contributed by atoms with Crippen molar-refractivity contribution in [3.8, 4) is 0 Å². The highest BCUT2D eigenvalue weighted by Crippen LogP contribution is 2.09. The fourth-order valence-electron chi connectivity index (χ4n) is 1.49. The molecule has 0 unspecified atom stereocenters. The smallest absolute Gasteiger partial charge is 0.251 e. The predicted molar refractivity (Wildman–Crippen MR) is 47.9 cm³/mol. The molecule has 2 rings (SSSR count). The molecule has 1 aliphatic rings. The van der Waals surface area contributed by atoms with Gasteiger partial charge in [-0.05, 0) is 18.1 Å². The molecule has 0 aromatic heterocycles. The minimum absolute atomic E-state index is 0.0106. The highest BCUT2D eigenvalue weighted by atomic mass is 16.1. The van der Waals surface area contributed by atoms with E-state index in [2.05, 4.69) is 5.32 Å². The number of carbonyl (C=O) groups is 1. The summed E-state index contributed by atoms with van der Waals surface area (Å²) in [6, 6.07) is 5.44. The summed E-state index contributed by atoms with van der Waals surface area (Å²) in [5, 5.41) is 2.77. The summed E-state index contributed by atoms with van der Waals surface area (Å²) < 4.78 is 0. The van der Waals surface area contributed by atoms with Gasteiger partial charge in [-0.3, -0.25) is 4.79 Å². The zero-order valence-electron chi connectivity index (χ0n) is 6.63. The van der Waals surface area contributed by atoms with Gasteiger partial charge in [0.25, 0.3) is 5.91 Å². The average molecular weight is 157 g/mol. The maximum absolute atomic E-state index is 11.3. The first-order valence-corrected chi connectivity index (χ1v) is 3.94. The Bertz CT molecular complexity index is 335. The molecular formula is C9H8BNO. The van der Waals surface area contributed by atoms with Gasteiger partial charge in [0.2, 0.25) is 0 Å². The van der Waals surface area contributed by atoms with Crippen LogP contribution >= 0.6 is 0 Å². The van der Waals surface area contributed by atoms with Crippen LogP contribution < -0.4 is 10.8 Å². The third kappa shape index (κ3) is 1.02. The van der Waals surface area contributed by atoms with E-state index in [-0.39, 0.29) is 5.91 Å². The molecule has 0 saturated carbocycles. The van der Waals surface area contributed by atoms with Gasteiger partial charge in [0.1, 0.15) is 7.85 Å². The Kier molecular flexibility index (Phi) is 1.64. The first kappa shape index (κ1) is 7.41. The van der Waals surface area contributed by atoms with E-state index in [1.54, 1.807) is 12.1 Å². The Morgan fingerprint density at radius 1 is 1.42 bits per heavy atom. The van der Waals surface area contributed by atoms with Gasteiger partial charge in [-0.15, -0.1) is 0 Å². The molecule has 0 atom stereocenters. The number of nitrogens with one attached hydrogen (secondary N) is 1. The maximum Gasteiger partial charge on any atom is 0.251 e. The number of amides is 1. The number of benzene rings is 1. The molecule has 1 aromatic rings. The fourth-order valence-corrected chi connectivity index (χ4v) is 1.49. The van der Waals surface area contributed by atoms with Crippen molar-refractivity contribution in [3.63, 3.8) is 0 Å². The summed E-state index contributed by atoms with van der Waals surface area (Å²) in [6.07, 6.45) is 0.841. The van der Waals surface area contributed by atoms with E-state index in [9.17, 15) is 4.79 Å². The Labute approximate surface area is 72.4 Å². The molecule has 0 bridgehead atoms. The molecule has 3 heteroatoms. The molecule has 1 aliphatic heterocycles. The van der Waals surface area contributed by atoms with Crippen LogP contribution in [0.25, 0.3) is 0 Å². The zero-order valence-corrected chi connectivity index (χ0v) is 6.63. The van der Waals surface area contributed by atoms with Crippen LogP contribution in [-0.2, 0) is 6.42 Å². The summed E-state index contributed by atoms with van der Waals surface area (Å²) >= 11 is 0. The molecule has 0 fully saturated rings. The van der Waals surface area contributed by atoms with Crippen LogP contribution in [-0.4, -0.2) is 20.3 Å². The van der Waals surface area contributed by atoms with Crippen LogP contribution in [0.1, 0.15) is 15.9 Å². The van der Waals surface area contributed by atoms with Crippen molar-refractivity contribution in [1.82, 2.24) is 5.32 Å². The van der Waals surface area contributed by atoms with Gasteiger partial charge < -0.3 is 5.32 Å². The van der Waals surface area contributed by atoms with Crippen LogP contribution in [0.4, 0.5) is 0 Å². The van der Waals surface area contributed by atoms with Crippen LogP contribution in [0.15, 0.2) is 18.2 Å². The fraction of sp³-hybridized carbons (Fsp3) is 0.222. The van der Waals surface area contributed by atoms with Gasteiger partial charge in [-0.1, -0.05) is 17.6 Å². The molecule has 0 spiro atoms. The van der Waals surface area contributed by atoms with E-state index in [4.69, 9.17) is 7.85 Å². The van der Waals surface area contributed by atoms with Crippen molar-refractivity contribution >= 4 is 19.2 Å².